The molecule has 0 radical (unpaired) electrons. The van der Waals surface area contributed by atoms with E-state index in [0.29, 0.717) is 17.8 Å². The van der Waals surface area contributed by atoms with E-state index >= 15 is 0 Å². The van der Waals surface area contributed by atoms with Gasteiger partial charge in [0.25, 0.3) is 11.8 Å². The first-order valence-electron chi connectivity index (χ1n) is 9.01. The highest BCUT2D eigenvalue weighted by molar-refractivity contribution is 6.04. The Labute approximate surface area is 157 Å². The van der Waals surface area contributed by atoms with Gasteiger partial charge < -0.3 is 15.4 Å². The average Bonchev–Trinajstić information content (AvgIpc) is 3.53. The molecule has 2 N–H and O–H groups in total. The van der Waals surface area contributed by atoms with Crippen molar-refractivity contribution in [1.29, 1.82) is 0 Å². The van der Waals surface area contributed by atoms with Crippen molar-refractivity contribution in [3.8, 4) is 0 Å². The molecule has 6 nitrogen and oxygen atoms in total. The Morgan fingerprint density at radius 1 is 0.963 bits per heavy atom. The van der Waals surface area contributed by atoms with Crippen LogP contribution in [0.25, 0.3) is 0 Å². The molecule has 0 atom stereocenters. The third-order valence-electron chi connectivity index (χ3n) is 4.24. The van der Waals surface area contributed by atoms with Crippen LogP contribution in [-0.2, 0) is 20.7 Å². The second-order valence-electron chi connectivity index (χ2n) is 6.47. The third kappa shape index (κ3) is 5.67. The number of nitrogens with one attached hydrogen (secondary N) is 2. The lowest BCUT2D eigenvalue weighted by molar-refractivity contribution is -0.148. The molecule has 0 unspecified atom stereocenters. The Hall–Kier alpha value is -3.15. The molecule has 2 aromatic rings. The maximum Gasteiger partial charge on any atom is 0.309 e. The zero-order valence-corrected chi connectivity index (χ0v) is 14.9. The Kier molecular flexibility index (Phi) is 6.20. The van der Waals surface area contributed by atoms with Crippen LogP contribution in [-0.4, -0.2) is 30.9 Å². The summed E-state index contributed by atoms with van der Waals surface area (Å²) >= 11 is 0. The Bertz CT molecular complexity index is 816. The zero-order chi connectivity index (χ0) is 19.1. The fraction of sp³-hybridized carbons (Fsp3) is 0.286. The van der Waals surface area contributed by atoms with Gasteiger partial charge in [0.05, 0.1) is 17.2 Å². The second-order valence-corrected chi connectivity index (χ2v) is 6.47. The number of esters is 1. The van der Waals surface area contributed by atoms with E-state index in [1.54, 1.807) is 24.3 Å². The van der Waals surface area contributed by atoms with Gasteiger partial charge in [0, 0.05) is 6.54 Å². The Balaban J connectivity index is 1.51. The lowest BCUT2D eigenvalue weighted by Crippen LogP contribution is -2.28. The molecule has 0 saturated heterocycles. The highest BCUT2D eigenvalue weighted by Gasteiger charge is 2.31. The largest absolute Gasteiger partial charge is 0.455 e. The van der Waals surface area contributed by atoms with Gasteiger partial charge in [-0.05, 0) is 37.0 Å². The van der Waals surface area contributed by atoms with Crippen LogP contribution in [0, 0.1) is 5.92 Å². The van der Waals surface area contributed by atoms with Crippen molar-refractivity contribution in [3.05, 3.63) is 65.7 Å². The van der Waals surface area contributed by atoms with E-state index in [1.165, 1.54) is 0 Å². The predicted octanol–water partition coefficient (Wildman–Crippen LogP) is 2.55. The van der Waals surface area contributed by atoms with E-state index in [1.807, 2.05) is 30.3 Å². The number of rotatable bonds is 8. The minimum Gasteiger partial charge on any atom is -0.455 e. The summed E-state index contributed by atoms with van der Waals surface area (Å²) in [7, 11) is 0. The Morgan fingerprint density at radius 3 is 2.41 bits per heavy atom. The lowest BCUT2D eigenvalue weighted by Gasteiger charge is -2.12. The molecule has 2 amide bonds. The van der Waals surface area contributed by atoms with Crippen LogP contribution in [0.3, 0.4) is 0 Å². The molecule has 0 spiro atoms. The van der Waals surface area contributed by atoms with Gasteiger partial charge in [-0.25, -0.2) is 0 Å². The van der Waals surface area contributed by atoms with Crippen LogP contribution in [0.4, 0.5) is 5.69 Å². The van der Waals surface area contributed by atoms with E-state index in [9.17, 15) is 14.4 Å². The summed E-state index contributed by atoms with van der Waals surface area (Å²) in [6, 6.07) is 16.6. The van der Waals surface area contributed by atoms with Gasteiger partial charge in [0.1, 0.15) is 0 Å². The average molecular weight is 366 g/mol. The fourth-order valence-electron chi connectivity index (χ4n) is 2.61. The summed E-state index contributed by atoms with van der Waals surface area (Å²) in [6.07, 6.45) is 2.37. The van der Waals surface area contributed by atoms with E-state index in [4.69, 9.17) is 4.74 Å². The van der Waals surface area contributed by atoms with Gasteiger partial charge in [-0.15, -0.1) is 0 Å². The molecule has 1 aliphatic carbocycles. The number of carbonyl (C=O) groups is 3. The molecule has 6 heteroatoms. The summed E-state index contributed by atoms with van der Waals surface area (Å²) in [5.41, 5.74) is 1.89. The van der Waals surface area contributed by atoms with Crippen molar-refractivity contribution in [2.45, 2.75) is 19.3 Å². The van der Waals surface area contributed by atoms with Gasteiger partial charge in [-0.3, -0.25) is 14.4 Å². The number of hydrogen-bond donors (Lipinski definition) is 2. The molecule has 1 aliphatic rings. The fourth-order valence-corrected chi connectivity index (χ4v) is 2.61. The number of para-hydroxylation sites is 1. The normalized spacial score (nSPS) is 12.9. The minimum atomic E-state index is -0.464. The van der Waals surface area contributed by atoms with E-state index < -0.39 is 5.91 Å². The van der Waals surface area contributed by atoms with E-state index in [0.717, 1.165) is 24.8 Å². The predicted molar refractivity (Wildman–Crippen MR) is 101 cm³/mol. The van der Waals surface area contributed by atoms with Crippen molar-refractivity contribution < 1.29 is 19.1 Å². The van der Waals surface area contributed by atoms with Crippen molar-refractivity contribution in [1.82, 2.24) is 5.32 Å². The molecule has 140 valence electrons. The van der Waals surface area contributed by atoms with Crippen LogP contribution in [0.2, 0.25) is 0 Å². The molecular weight excluding hydrogens is 344 g/mol. The van der Waals surface area contributed by atoms with Gasteiger partial charge in [-0.1, -0.05) is 42.5 Å². The zero-order valence-electron chi connectivity index (χ0n) is 14.9. The van der Waals surface area contributed by atoms with Crippen molar-refractivity contribution in [2.75, 3.05) is 18.5 Å². The first-order valence-corrected chi connectivity index (χ1v) is 9.01. The highest BCUT2D eigenvalue weighted by atomic mass is 16.5. The van der Waals surface area contributed by atoms with Gasteiger partial charge in [0.15, 0.2) is 6.61 Å². The summed E-state index contributed by atoms with van der Waals surface area (Å²) in [4.78, 5) is 36.0. The summed E-state index contributed by atoms with van der Waals surface area (Å²) < 4.78 is 4.96. The highest BCUT2D eigenvalue weighted by Crippen LogP contribution is 2.30. The first kappa shape index (κ1) is 18.6. The van der Waals surface area contributed by atoms with Gasteiger partial charge >= 0.3 is 5.97 Å². The monoisotopic (exact) mass is 366 g/mol. The number of hydrogen-bond acceptors (Lipinski definition) is 4. The molecule has 27 heavy (non-hydrogen) atoms. The summed E-state index contributed by atoms with van der Waals surface area (Å²) in [6.45, 7) is 0.142. The van der Waals surface area contributed by atoms with Crippen LogP contribution < -0.4 is 10.6 Å². The third-order valence-corrected chi connectivity index (χ3v) is 4.24. The van der Waals surface area contributed by atoms with Gasteiger partial charge in [0.2, 0.25) is 0 Å². The van der Waals surface area contributed by atoms with Gasteiger partial charge in [-0.2, -0.15) is 0 Å². The molecule has 1 fully saturated rings. The molecule has 0 heterocycles. The first-order chi connectivity index (χ1) is 13.1. The smallest absolute Gasteiger partial charge is 0.309 e. The van der Waals surface area contributed by atoms with Crippen molar-refractivity contribution in [2.24, 2.45) is 5.92 Å². The maximum atomic E-state index is 12.5. The van der Waals surface area contributed by atoms with E-state index in [-0.39, 0.29) is 24.4 Å². The summed E-state index contributed by atoms with van der Waals surface area (Å²) in [5, 5.41) is 5.50. The molecule has 2 aromatic carbocycles. The number of carbonyl (C=O) groups excluding carboxylic acids is 3. The van der Waals surface area contributed by atoms with Crippen LogP contribution in [0.1, 0.15) is 28.8 Å². The second kappa shape index (κ2) is 8.98. The van der Waals surface area contributed by atoms with E-state index in [2.05, 4.69) is 10.6 Å². The van der Waals surface area contributed by atoms with Crippen LogP contribution in [0.5, 0.6) is 0 Å². The topological polar surface area (TPSA) is 84.5 Å². The quantitative estimate of drug-likeness (QED) is 0.703. The number of amides is 2. The number of benzene rings is 2. The van der Waals surface area contributed by atoms with Crippen LogP contribution >= 0.6 is 0 Å². The standard InChI is InChI=1S/C21H22N2O4/c24-19(14-27-21(26)16-10-11-16)23-18-9-5-4-8-17(18)20(25)22-13-12-15-6-2-1-3-7-15/h1-9,16H,10-14H2,(H,22,25)(H,23,24). The molecule has 1 saturated carbocycles. The maximum absolute atomic E-state index is 12.5. The minimum absolute atomic E-state index is 0.0551. The van der Waals surface area contributed by atoms with Crippen LogP contribution in [0.15, 0.2) is 54.6 Å². The number of ether oxygens (including phenoxy) is 1. The van der Waals surface area contributed by atoms with Crippen molar-refractivity contribution in [3.63, 3.8) is 0 Å². The lowest BCUT2D eigenvalue weighted by atomic mass is 10.1. The summed E-state index contributed by atoms with van der Waals surface area (Å²) in [5.74, 6) is -1.12. The Morgan fingerprint density at radius 2 is 1.67 bits per heavy atom. The molecule has 0 aliphatic heterocycles. The molecule has 3 rings (SSSR count). The van der Waals surface area contributed by atoms with Crippen molar-refractivity contribution >= 4 is 23.5 Å². The molecule has 0 bridgehead atoms. The molecular formula is C21H22N2O4. The number of anilines is 1. The SMILES string of the molecule is O=C(COC(=O)C1CC1)Nc1ccccc1C(=O)NCCc1ccccc1. The molecule has 0 aromatic heterocycles.